The van der Waals surface area contributed by atoms with E-state index in [-0.39, 0.29) is 5.92 Å². The lowest BCUT2D eigenvalue weighted by Gasteiger charge is -2.11. The number of aromatic nitrogens is 1. The van der Waals surface area contributed by atoms with Crippen molar-refractivity contribution in [1.82, 2.24) is 5.16 Å². The molecule has 6 heteroatoms. The molecule has 0 saturated carbocycles. The first-order chi connectivity index (χ1) is 13.4. The number of hydrogen-bond donors (Lipinski definition) is 0. The van der Waals surface area contributed by atoms with Gasteiger partial charge in [0, 0.05) is 22.4 Å². The maximum Gasteiger partial charge on any atom is 0.146 e. The molecule has 0 atom stereocenters. The summed E-state index contributed by atoms with van der Waals surface area (Å²) in [5.74, 6) is 1.72. The summed E-state index contributed by atoms with van der Waals surface area (Å²) in [5, 5.41) is 5.33. The van der Waals surface area contributed by atoms with E-state index in [2.05, 4.69) is 47.1 Å². The molecule has 3 aromatic rings. The number of allylic oxidation sites excluding steroid dienone is 1. The predicted molar refractivity (Wildman–Crippen MR) is 117 cm³/mol. The van der Waals surface area contributed by atoms with E-state index in [1.165, 1.54) is 15.6 Å². The lowest BCUT2D eigenvalue weighted by molar-refractivity contribution is 0.298. The quantitative estimate of drug-likeness (QED) is 0.377. The Balaban J connectivity index is 1.68. The summed E-state index contributed by atoms with van der Waals surface area (Å²) < 4.78 is 12.9. The molecule has 0 N–H and O–H groups in total. The number of benzene rings is 2. The van der Waals surface area contributed by atoms with Gasteiger partial charge in [0.25, 0.3) is 0 Å². The molecule has 144 valence electrons. The van der Waals surface area contributed by atoms with Crippen molar-refractivity contribution in [2.45, 2.75) is 32.8 Å². The largest absolute Gasteiger partial charge is 0.489 e. The van der Waals surface area contributed by atoms with E-state index in [1.807, 2.05) is 18.2 Å². The van der Waals surface area contributed by atoms with Crippen molar-refractivity contribution in [3.63, 3.8) is 0 Å². The maximum atomic E-state index is 6.40. The molecular weight excluding hydrogens is 461 g/mol. The lowest BCUT2D eigenvalue weighted by atomic mass is 10.0. The zero-order valence-electron chi connectivity index (χ0n) is 15.4. The number of halogens is 3. The van der Waals surface area contributed by atoms with Crippen LogP contribution in [0.25, 0.3) is 17.3 Å². The third-order valence-electron chi connectivity index (χ3n) is 4.71. The molecule has 28 heavy (non-hydrogen) atoms. The highest BCUT2D eigenvalue weighted by atomic mass is 79.9. The molecule has 0 spiro atoms. The van der Waals surface area contributed by atoms with Gasteiger partial charge in [-0.05, 0) is 41.5 Å². The molecule has 0 aliphatic heterocycles. The van der Waals surface area contributed by atoms with E-state index >= 15 is 0 Å². The molecule has 3 nitrogen and oxygen atoms in total. The molecule has 2 aromatic carbocycles. The fraction of sp³-hybridized carbons (Fsp3) is 0.227. The third-order valence-corrected chi connectivity index (χ3v) is 5.85. The van der Waals surface area contributed by atoms with Crippen molar-refractivity contribution >= 4 is 45.2 Å². The number of hydrogen-bond acceptors (Lipinski definition) is 3. The van der Waals surface area contributed by atoms with Crippen LogP contribution in [0.4, 0.5) is 0 Å². The first kappa shape index (κ1) is 19.6. The molecule has 0 unspecified atom stereocenters. The standard InChI is InChI=1S/C22H18BrCl2NO2/c1-12(2)22-17(21(26-28-22)20-18(24)4-3-5-19(20)25)11-27-16-7-6-13-8-15(23)9-14(13)10-16/h3-7,9-10,12H,8,11H2,1-2H3. The van der Waals surface area contributed by atoms with Crippen molar-refractivity contribution in [1.29, 1.82) is 0 Å². The summed E-state index contributed by atoms with van der Waals surface area (Å²) in [6.07, 6.45) is 3.05. The Hall–Kier alpha value is -1.75. The van der Waals surface area contributed by atoms with Gasteiger partial charge in [-0.3, -0.25) is 0 Å². The van der Waals surface area contributed by atoms with Crippen LogP contribution in [0, 0.1) is 0 Å². The summed E-state index contributed by atoms with van der Waals surface area (Å²) >= 11 is 16.4. The highest BCUT2D eigenvalue weighted by molar-refractivity contribution is 9.11. The highest BCUT2D eigenvalue weighted by Crippen LogP contribution is 2.39. The van der Waals surface area contributed by atoms with Crippen LogP contribution in [0.3, 0.4) is 0 Å². The number of nitrogens with zero attached hydrogens (tertiary/aromatic N) is 1. The van der Waals surface area contributed by atoms with Crippen LogP contribution in [-0.4, -0.2) is 5.16 Å². The van der Waals surface area contributed by atoms with Gasteiger partial charge in [0.05, 0.1) is 15.6 Å². The monoisotopic (exact) mass is 477 g/mol. The Morgan fingerprint density at radius 1 is 1.18 bits per heavy atom. The smallest absolute Gasteiger partial charge is 0.146 e. The van der Waals surface area contributed by atoms with Gasteiger partial charge in [-0.25, -0.2) is 0 Å². The highest BCUT2D eigenvalue weighted by Gasteiger charge is 2.24. The van der Waals surface area contributed by atoms with E-state index in [0.717, 1.165) is 23.5 Å². The summed E-state index contributed by atoms with van der Waals surface area (Å²) in [5.41, 5.74) is 4.62. The topological polar surface area (TPSA) is 35.3 Å². The van der Waals surface area contributed by atoms with Gasteiger partial charge in [-0.15, -0.1) is 0 Å². The van der Waals surface area contributed by atoms with Crippen LogP contribution in [0.15, 0.2) is 45.4 Å². The van der Waals surface area contributed by atoms with Gasteiger partial charge in [0.1, 0.15) is 23.8 Å². The van der Waals surface area contributed by atoms with Crippen LogP contribution >= 0.6 is 39.1 Å². The molecule has 0 radical (unpaired) electrons. The Morgan fingerprint density at radius 3 is 2.64 bits per heavy atom. The molecular formula is C22H18BrCl2NO2. The van der Waals surface area contributed by atoms with Crippen molar-refractivity contribution in [2.75, 3.05) is 0 Å². The van der Waals surface area contributed by atoms with Crippen LogP contribution < -0.4 is 4.74 Å². The number of rotatable bonds is 5. The van der Waals surface area contributed by atoms with Crippen molar-refractivity contribution in [3.05, 3.63) is 73.4 Å². The fourth-order valence-corrected chi connectivity index (χ4v) is 4.48. The Kier molecular flexibility index (Phi) is 5.55. The van der Waals surface area contributed by atoms with Crippen LogP contribution in [0.1, 0.15) is 42.2 Å². The Morgan fingerprint density at radius 2 is 1.93 bits per heavy atom. The third kappa shape index (κ3) is 3.73. The predicted octanol–water partition coefficient (Wildman–Crippen LogP) is 7.64. The molecule has 1 heterocycles. The second kappa shape index (κ2) is 7.94. The normalized spacial score (nSPS) is 13.0. The summed E-state index contributed by atoms with van der Waals surface area (Å²) in [6, 6.07) is 11.5. The zero-order valence-corrected chi connectivity index (χ0v) is 18.5. The average Bonchev–Trinajstić information content (AvgIpc) is 3.22. The molecule has 4 rings (SSSR count). The molecule has 1 aromatic heterocycles. The lowest BCUT2D eigenvalue weighted by Crippen LogP contribution is -2.01. The van der Waals surface area contributed by atoms with E-state index in [9.17, 15) is 0 Å². The zero-order chi connectivity index (χ0) is 19.8. The van der Waals surface area contributed by atoms with E-state index in [0.29, 0.717) is 27.9 Å². The number of ether oxygens (including phenoxy) is 1. The first-order valence-electron chi connectivity index (χ1n) is 8.98. The van der Waals surface area contributed by atoms with E-state index in [1.54, 1.807) is 12.1 Å². The molecule has 0 saturated heterocycles. The summed E-state index contributed by atoms with van der Waals surface area (Å²) in [7, 11) is 0. The van der Waals surface area contributed by atoms with Crippen molar-refractivity contribution in [3.8, 4) is 17.0 Å². The van der Waals surface area contributed by atoms with Gasteiger partial charge >= 0.3 is 0 Å². The van der Waals surface area contributed by atoms with Crippen LogP contribution in [0.5, 0.6) is 5.75 Å². The van der Waals surface area contributed by atoms with Gasteiger partial charge in [0.15, 0.2) is 0 Å². The number of fused-ring (bicyclic) bond motifs is 1. The molecule has 1 aliphatic rings. The van der Waals surface area contributed by atoms with Crippen molar-refractivity contribution in [2.24, 2.45) is 0 Å². The van der Waals surface area contributed by atoms with Crippen LogP contribution in [-0.2, 0) is 13.0 Å². The van der Waals surface area contributed by atoms with E-state index in [4.69, 9.17) is 32.5 Å². The van der Waals surface area contributed by atoms with Gasteiger partial charge in [-0.1, -0.05) is 70.3 Å². The van der Waals surface area contributed by atoms with E-state index < -0.39 is 0 Å². The average molecular weight is 479 g/mol. The SMILES string of the molecule is CC(C)c1onc(-c2c(Cl)cccc2Cl)c1COc1ccc2c(c1)C=C(Br)C2. The molecule has 0 fully saturated rings. The fourth-order valence-electron chi connectivity index (χ4n) is 3.35. The molecule has 1 aliphatic carbocycles. The molecule has 0 bridgehead atoms. The minimum atomic E-state index is 0.153. The van der Waals surface area contributed by atoms with Gasteiger partial charge < -0.3 is 9.26 Å². The van der Waals surface area contributed by atoms with Gasteiger partial charge in [-0.2, -0.15) is 0 Å². The minimum absolute atomic E-state index is 0.153. The minimum Gasteiger partial charge on any atom is -0.489 e. The first-order valence-corrected chi connectivity index (χ1v) is 10.5. The molecule has 0 amide bonds. The van der Waals surface area contributed by atoms with Crippen molar-refractivity contribution < 1.29 is 9.26 Å². The summed E-state index contributed by atoms with van der Waals surface area (Å²) in [4.78, 5) is 0. The second-order valence-electron chi connectivity index (χ2n) is 7.04. The second-order valence-corrected chi connectivity index (χ2v) is 8.88. The Bertz CT molecular complexity index is 1050. The van der Waals surface area contributed by atoms with Gasteiger partial charge in [0.2, 0.25) is 0 Å². The van der Waals surface area contributed by atoms with Crippen LogP contribution in [0.2, 0.25) is 10.0 Å². The Labute approximate surface area is 182 Å². The summed E-state index contributed by atoms with van der Waals surface area (Å²) in [6.45, 7) is 4.43. The maximum absolute atomic E-state index is 6.40.